The highest BCUT2D eigenvalue weighted by Gasteiger charge is 2.27. The average Bonchev–Trinajstić information content (AvgIpc) is 3.21. The van der Waals surface area contributed by atoms with Crippen LogP contribution in [0.2, 0.25) is 0 Å². The molecule has 10 nitrogen and oxygen atoms in total. The van der Waals surface area contributed by atoms with Crippen molar-refractivity contribution in [1.82, 2.24) is 0 Å². The quantitative estimate of drug-likeness (QED) is 0.0177. The van der Waals surface area contributed by atoms with E-state index in [0.717, 1.165) is 57.8 Å². The van der Waals surface area contributed by atoms with Gasteiger partial charge in [-0.3, -0.25) is 18.6 Å². The molecule has 0 aromatic heterocycles. The second kappa shape index (κ2) is 43.6. The molecule has 0 saturated carbocycles. The molecule has 11 heteroatoms. The van der Waals surface area contributed by atoms with Crippen LogP contribution in [0.25, 0.3) is 0 Å². The first-order valence-corrected chi connectivity index (χ1v) is 24.9. The Morgan fingerprint density at radius 3 is 1.42 bits per heavy atom. The van der Waals surface area contributed by atoms with Gasteiger partial charge in [0.05, 0.1) is 19.5 Å². The van der Waals surface area contributed by atoms with E-state index in [1.54, 1.807) is 6.26 Å². The zero-order valence-electron chi connectivity index (χ0n) is 37.3. The number of esters is 1. The monoisotopic (exact) mass is 852 g/mol. The van der Waals surface area contributed by atoms with Crippen molar-refractivity contribution in [3.63, 3.8) is 0 Å². The van der Waals surface area contributed by atoms with Gasteiger partial charge in [-0.2, -0.15) is 0 Å². The summed E-state index contributed by atoms with van der Waals surface area (Å²) in [6.45, 7) is 3.22. The van der Waals surface area contributed by atoms with E-state index in [2.05, 4.69) is 62.5 Å². The van der Waals surface area contributed by atoms with Crippen LogP contribution >= 0.6 is 7.82 Å². The van der Waals surface area contributed by atoms with Crippen LogP contribution in [-0.4, -0.2) is 53.9 Å². The molecule has 0 aromatic rings. The van der Waals surface area contributed by atoms with Gasteiger partial charge in [-0.25, -0.2) is 4.57 Å². The highest BCUT2D eigenvalue weighted by molar-refractivity contribution is 7.47. The van der Waals surface area contributed by atoms with Gasteiger partial charge >= 0.3 is 19.8 Å². The number of allylic oxidation sites excluding steroid dienone is 9. The second-order valence-electron chi connectivity index (χ2n) is 15.6. The number of carboxylic acids is 1. The normalized spacial score (nSPS) is 14.3. The van der Waals surface area contributed by atoms with Crippen LogP contribution in [0.5, 0.6) is 0 Å². The van der Waals surface area contributed by atoms with E-state index in [9.17, 15) is 19.0 Å². The summed E-state index contributed by atoms with van der Waals surface area (Å²) in [6, 6.07) is -1.49. The average molecular weight is 852 g/mol. The maximum Gasteiger partial charge on any atom is 0.472 e. The molecular formula is C48H86NO9P. The minimum atomic E-state index is -4.65. The van der Waals surface area contributed by atoms with E-state index < -0.39 is 45.1 Å². The topological polar surface area (TPSA) is 155 Å². The molecule has 0 aliphatic heterocycles. The largest absolute Gasteiger partial charge is 0.498 e. The number of phosphoric ester groups is 1. The van der Waals surface area contributed by atoms with Crippen LogP contribution < -0.4 is 5.73 Å². The number of unbranched alkanes of at least 4 members (excludes halogenated alkanes) is 22. The summed E-state index contributed by atoms with van der Waals surface area (Å²) in [7, 11) is -4.65. The van der Waals surface area contributed by atoms with Crippen molar-refractivity contribution < 1.29 is 42.7 Å². The number of nitrogens with two attached hydrogens (primary N) is 1. The Labute approximate surface area is 360 Å². The van der Waals surface area contributed by atoms with E-state index in [4.69, 9.17) is 29.4 Å². The molecule has 0 amide bonds. The molecule has 59 heavy (non-hydrogen) atoms. The summed E-state index contributed by atoms with van der Waals surface area (Å²) >= 11 is 0. The summed E-state index contributed by atoms with van der Waals surface area (Å²) in [5, 5.41) is 8.90. The van der Waals surface area contributed by atoms with Gasteiger partial charge in [0.25, 0.3) is 0 Å². The van der Waals surface area contributed by atoms with Gasteiger partial charge in [-0.1, -0.05) is 178 Å². The molecule has 342 valence electrons. The molecular weight excluding hydrogens is 766 g/mol. The number of aliphatic carboxylic acids is 1. The number of hydrogen-bond acceptors (Lipinski definition) is 8. The zero-order valence-corrected chi connectivity index (χ0v) is 38.2. The van der Waals surface area contributed by atoms with Gasteiger partial charge in [0.2, 0.25) is 0 Å². The summed E-state index contributed by atoms with van der Waals surface area (Å²) in [4.78, 5) is 33.6. The SMILES string of the molecule is CCCCC/C=C\C/C=C\C/C=C\C/C=C\CCCCCC(=O)O[C@H](CO/C=C\CCCCCCCCCCCCCCCCCC)COP(=O)(O)OC[C@H](N)C(=O)O. The third kappa shape index (κ3) is 43.4. The van der Waals surface area contributed by atoms with Crippen molar-refractivity contribution in [2.45, 2.75) is 212 Å². The summed E-state index contributed by atoms with van der Waals surface area (Å²) < 4.78 is 33.1. The number of carbonyl (C=O) groups excluding carboxylic acids is 1. The van der Waals surface area contributed by atoms with E-state index in [1.165, 1.54) is 116 Å². The molecule has 0 aliphatic rings. The molecule has 4 N–H and O–H groups in total. The lowest BCUT2D eigenvalue weighted by atomic mass is 10.0. The number of ether oxygens (including phenoxy) is 2. The van der Waals surface area contributed by atoms with Crippen molar-refractivity contribution in [2.24, 2.45) is 5.73 Å². The predicted molar refractivity (Wildman–Crippen MR) is 244 cm³/mol. The zero-order chi connectivity index (χ0) is 43.3. The Morgan fingerprint density at radius 1 is 0.542 bits per heavy atom. The van der Waals surface area contributed by atoms with Crippen LogP contribution in [0.15, 0.2) is 60.9 Å². The summed E-state index contributed by atoms with van der Waals surface area (Å²) in [5.41, 5.74) is 5.35. The van der Waals surface area contributed by atoms with Crippen LogP contribution in [-0.2, 0) is 32.7 Å². The number of hydrogen-bond donors (Lipinski definition) is 3. The van der Waals surface area contributed by atoms with Gasteiger partial charge in [0.15, 0.2) is 6.10 Å². The van der Waals surface area contributed by atoms with E-state index in [-0.39, 0.29) is 13.0 Å². The lowest BCUT2D eigenvalue weighted by Crippen LogP contribution is -2.34. The van der Waals surface area contributed by atoms with Crippen molar-refractivity contribution in [1.29, 1.82) is 0 Å². The van der Waals surface area contributed by atoms with Crippen LogP contribution in [0.3, 0.4) is 0 Å². The smallest absolute Gasteiger partial charge is 0.472 e. The number of carbonyl (C=O) groups is 2. The van der Waals surface area contributed by atoms with E-state index in [1.807, 2.05) is 6.08 Å². The van der Waals surface area contributed by atoms with Crippen molar-refractivity contribution in [3.8, 4) is 0 Å². The fourth-order valence-electron chi connectivity index (χ4n) is 6.20. The van der Waals surface area contributed by atoms with Gasteiger partial charge in [-0.05, 0) is 70.3 Å². The Morgan fingerprint density at radius 2 is 0.932 bits per heavy atom. The predicted octanol–water partition coefficient (Wildman–Crippen LogP) is 13.6. The van der Waals surface area contributed by atoms with Crippen molar-refractivity contribution in [2.75, 3.05) is 19.8 Å². The summed E-state index contributed by atoms with van der Waals surface area (Å²) in [5.74, 6) is -1.84. The minimum Gasteiger partial charge on any atom is -0.498 e. The van der Waals surface area contributed by atoms with Crippen LogP contribution in [0.1, 0.15) is 200 Å². The summed E-state index contributed by atoms with van der Waals surface area (Å²) in [6.07, 6.45) is 53.6. The molecule has 3 atom stereocenters. The third-order valence-electron chi connectivity index (χ3n) is 9.86. The van der Waals surface area contributed by atoms with Crippen molar-refractivity contribution >= 4 is 19.8 Å². The molecule has 0 fully saturated rings. The maximum atomic E-state index is 12.6. The first kappa shape index (κ1) is 56.5. The van der Waals surface area contributed by atoms with Gasteiger partial charge in [-0.15, -0.1) is 0 Å². The standard InChI is InChI=1S/C48H86NO9P/c1-3-5-7-9-11-13-15-17-19-21-23-24-26-28-30-32-34-36-38-40-47(50)58-45(43-56-59(53,54)57-44-46(49)48(51)52)42-55-41-39-37-35-33-31-29-27-25-22-20-18-16-14-12-10-8-6-4-2/h11,13,17,19,23-24,28,30,39,41,45-46H,3-10,12,14-16,18,20-22,25-27,29,31-38,40,42-44,49H2,1-2H3,(H,51,52)(H,53,54)/b13-11-,19-17-,24-23-,30-28-,41-39-/t45-,46+/m1/s1. The molecule has 0 rings (SSSR count). The molecule has 0 heterocycles. The van der Waals surface area contributed by atoms with Crippen LogP contribution in [0.4, 0.5) is 0 Å². The van der Waals surface area contributed by atoms with Gasteiger partial charge < -0.3 is 25.2 Å². The number of carboxylic acid groups (broad SMARTS) is 1. The molecule has 0 aliphatic carbocycles. The van der Waals surface area contributed by atoms with E-state index >= 15 is 0 Å². The maximum absolute atomic E-state index is 12.6. The Balaban J connectivity index is 4.32. The third-order valence-corrected chi connectivity index (χ3v) is 10.8. The van der Waals surface area contributed by atoms with Crippen LogP contribution in [0, 0.1) is 0 Å². The van der Waals surface area contributed by atoms with Crippen molar-refractivity contribution in [3.05, 3.63) is 60.9 Å². The van der Waals surface area contributed by atoms with E-state index in [0.29, 0.717) is 6.42 Å². The molecule has 0 radical (unpaired) electrons. The lowest BCUT2D eigenvalue weighted by molar-refractivity contribution is -0.153. The Hall–Kier alpha value is -2.49. The Bertz CT molecular complexity index is 1170. The highest BCUT2D eigenvalue weighted by Crippen LogP contribution is 2.43. The molecule has 0 bridgehead atoms. The fourth-order valence-corrected chi connectivity index (χ4v) is 6.98. The first-order chi connectivity index (χ1) is 28.7. The lowest BCUT2D eigenvalue weighted by Gasteiger charge is -2.20. The van der Waals surface area contributed by atoms with Gasteiger partial charge in [0, 0.05) is 6.42 Å². The first-order valence-electron chi connectivity index (χ1n) is 23.4. The number of rotatable bonds is 44. The number of phosphoric acid groups is 1. The highest BCUT2D eigenvalue weighted by atomic mass is 31.2. The molecule has 0 saturated heterocycles. The fraction of sp³-hybridized carbons (Fsp3) is 0.750. The second-order valence-corrected chi connectivity index (χ2v) is 17.1. The molecule has 1 unspecified atom stereocenters. The minimum absolute atomic E-state index is 0.0814. The molecule has 0 aromatic carbocycles. The Kier molecular flexibility index (Phi) is 41.8. The van der Waals surface area contributed by atoms with Gasteiger partial charge in [0.1, 0.15) is 12.6 Å². The molecule has 0 spiro atoms.